The standard InChI is InChI=1S/C13H20N6S/c1-7-8(2)20-12(17-7)18-10-9(14)11(16-6-15-10)19-13(3,4)5/h6H,14H2,1-5H3,(H2,15,16,17,18,19). The summed E-state index contributed by atoms with van der Waals surface area (Å²) < 4.78 is 0. The molecule has 4 N–H and O–H groups in total. The molecule has 2 aromatic heterocycles. The van der Waals surface area contributed by atoms with Gasteiger partial charge in [-0.2, -0.15) is 0 Å². The molecule has 0 saturated carbocycles. The molecule has 2 rings (SSSR count). The average molecular weight is 292 g/mol. The maximum absolute atomic E-state index is 6.11. The van der Waals surface area contributed by atoms with Crippen LogP contribution in [0.4, 0.5) is 22.5 Å². The van der Waals surface area contributed by atoms with Gasteiger partial charge in [0, 0.05) is 10.4 Å². The number of hydrogen-bond acceptors (Lipinski definition) is 7. The summed E-state index contributed by atoms with van der Waals surface area (Å²) in [6.07, 6.45) is 1.49. The van der Waals surface area contributed by atoms with Gasteiger partial charge in [0.25, 0.3) is 0 Å². The van der Waals surface area contributed by atoms with Crippen LogP contribution in [0, 0.1) is 13.8 Å². The van der Waals surface area contributed by atoms with Crippen molar-refractivity contribution in [3.63, 3.8) is 0 Å². The molecule has 108 valence electrons. The Balaban J connectivity index is 2.26. The molecule has 0 aromatic carbocycles. The molecule has 0 bridgehead atoms. The van der Waals surface area contributed by atoms with Gasteiger partial charge in [-0.25, -0.2) is 15.0 Å². The Bertz CT molecular complexity index is 594. The zero-order valence-corrected chi connectivity index (χ0v) is 13.2. The normalized spacial score (nSPS) is 11.4. The van der Waals surface area contributed by atoms with Gasteiger partial charge in [0.05, 0.1) is 5.69 Å². The molecular formula is C13H20N6S. The Morgan fingerprint density at radius 2 is 1.80 bits per heavy atom. The van der Waals surface area contributed by atoms with Gasteiger partial charge in [0.2, 0.25) is 0 Å². The molecule has 0 amide bonds. The number of hydrogen-bond donors (Lipinski definition) is 3. The molecule has 2 aromatic rings. The second-order valence-electron chi connectivity index (χ2n) is 5.65. The predicted molar refractivity (Wildman–Crippen MR) is 84.7 cm³/mol. The van der Waals surface area contributed by atoms with Crippen LogP contribution in [0.15, 0.2) is 6.33 Å². The lowest BCUT2D eigenvalue weighted by atomic mass is 10.1. The number of aryl methyl sites for hydroxylation is 2. The molecule has 0 aliphatic heterocycles. The Morgan fingerprint density at radius 1 is 1.15 bits per heavy atom. The van der Waals surface area contributed by atoms with Crippen LogP contribution in [-0.2, 0) is 0 Å². The first kappa shape index (κ1) is 14.5. The second-order valence-corrected chi connectivity index (χ2v) is 6.85. The van der Waals surface area contributed by atoms with Gasteiger partial charge in [-0.1, -0.05) is 0 Å². The maximum atomic E-state index is 6.11. The van der Waals surface area contributed by atoms with Crippen molar-refractivity contribution in [2.45, 2.75) is 40.2 Å². The number of thiazole rings is 1. The summed E-state index contributed by atoms with van der Waals surface area (Å²) in [5, 5.41) is 7.19. The summed E-state index contributed by atoms with van der Waals surface area (Å²) >= 11 is 1.58. The summed E-state index contributed by atoms with van der Waals surface area (Å²) in [6.45, 7) is 10.2. The number of aromatic nitrogens is 3. The van der Waals surface area contributed by atoms with E-state index in [2.05, 4.69) is 46.4 Å². The van der Waals surface area contributed by atoms with Crippen LogP contribution < -0.4 is 16.4 Å². The topological polar surface area (TPSA) is 88.8 Å². The molecule has 0 unspecified atom stereocenters. The lowest BCUT2D eigenvalue weighted by Gasteiger charge is -2.22. The third-order valence-corrected chi connectivity index (χ3v) is 3.62. The van der Waals surface area contributed by atoms with Crippen LogP contribution in [0.5, 0.6) is 0 Å². The van der Waals surface area contributed by atoms with Crippen LogP contribution in [0.25, 0.3) is 0 Å². The van der Waals surface area contributed by atoms with Crippen molar-refractivity contribution >= 4 is 33.8 Å². The SMILES string of the molecule is Cc1nc(Nc2ncnc(NC(C)(C)C)c2N)sc1C. The van der Waals surface area contributed by atoms with Crippen molar-refractivity contribution in [1.82, 2.24) is 15.0 Å². The Kier molecular flexibility index (Phi) is 3.80. The van der Waals surface area contributed by atoms with E-state index in [1.807, 2.05) is 13.8 Å². The second kappa shape index (κ2) is 5.24. The van der Waals surface area contributed by atoms with Gasteiger partial charge >= 0.3 is 0 Å². The van der Waals surface area contributed by atoms with E-state index in [4.69, 9.17) is 5.73 Å². The van der Waals surface area contributed by atoms with E-state index >= 15 is 0 Å². The van der Waals surface area contributed by atoms with E-state index in [-0.39, 0.29) is 5.54 Å². The first-order valence-corrected chi connectivity index (χ1v) is 7.17. The van der Waals surface area contributed by atoms with E-state index in [1.165, 1.54) is 11.2 Å². The van der Waals surface area contributed by atoms with Crippen LogP contribution in [0.2, 0.25) is 0 Å². The molecule has 0 aliphatic rings. The van der Waals surface area contributed by atoms with E-state index in [0.717, 1.165) is 10.8 Å². The van der Waals surface area contributed by atoms with Gasteiger partial charge in [-0.05, 0) is 34.6 Å². The van der Waals surface area contributed by atoms with Crippen molar-refractivity contribution in [2.75, 3.05) is 16.4 Å². The zero-order chi connectivity index (χ0) is 14.9. The number of nitrogen functional groups attached to an aromatic ring is 1. The lowest BCUT2D eigenvalue weighted by Crippen LogP contribution is -2.27. The summed E-state index contributed by atoms with van der Waals surface area (Å²) in [4.78, 5) is 14.0. The maximum Gasteiger partial charge on any atom is 0.188 e. The minimum absolute atomic E-state index is 0.117. The number of nitrogens with two attached hydrogens (primary N) is 1. The molecule has 0 radical (unpaired) electrons. The van der Waals surface area contributed by atoms with E-state index in [1.54, 1.807) is 11.3 Å². The number of nitrogens with zero attached hydrogens (tertiary/aromatic N) is 3. The molecule has 7 heteroatoms. The number of nitrogens with one attached hydrogen (secondary N) is 2. The quantitative estimate of drug-likeness (QED) is 0.805. The van der Waals surface area contributed by atoms with E-state index in [9.17, 15) is 0 Å². The van der Waals surface area contributed by atoms with Crippen LogP contribution in [0.3, 0.4) is 0 Å². The molecule has 2 heterocycles. The predicted octanol–water partition coefficient (Wildman–Crippen LogP) is 3.09. The van der Waals surface area contributed by atoms with Crippen molar-refractivity contribution < 1.29 is 0 Å². The van der Waals surface area contributed by atoms with E-state index in [0.29, 0.717) is 17.3 Å². The minimum Gasteiger partial charge on any atom is -0.393 e. The summed E-state index contributed by atoms with van der Waals surface area (Å²) in [7, 11) is 0. The average Bonchev–Trinajstić information content (AvgIpc) is 2.62. The zero-order valence-electron chi connectivity index (χ0n) is 12.4. The molecule has 0 aliphatic carbocycles. The largest absolute Gasteiger partial charge is 0.393 e. The molecule has 20 heavy (non-hydrogen) atoms. The van der Waals surface area contributed by atoms with Crippen LogP contribution in [0.1, 0.15) is 31.3 Å². The first-order chi connectivity index (χ1) is 9.26. The third-order valence-electron chi connectivity index (χ3n) is 2.63. The first-order valence-electron chi connectivity index (χ1n) is 6.36. The van der Waals surface area contributed by atoms with Crippen LogP contribution >= 0.6 is 11.3 Å². The Labute approximate surface area is 122 Å². The van der Waals surface area contributed by atoms with Gasteiger partial charge in [0.1, 0.15) is 12.0 Å². The van der Waals surface area contributed by atoms with Crippen molar-refractivity contribution in [3.8, 4) is 0 Å². The summed E-state index contributed by atoms with van der Waals surface area (Å²) in [5.41, 5.74) is 7.50. The van der Waals surface area contributed by atoms with Gasteiger partial charge in [-0.15, -0.1) is 11.3 Å². The van der Waals surface area contributed by atoms with Crippen molar-refractivity contribution in [3.05, 3.63) is 16.9 Å². The molecular weight excluding hydrogens is 272 g/mol. The van der Waals surface area contributed by atoms with Crippen molar-refractivity contribution in [1.29, 1.82) is 0 Å². The minimum atomic E-state index is -0.117. The van der Waals surface area contributed by atoms with Crippen LogP contribution in [-0.4, -0.2) is 20.5 Å². The Hall–Kier alpha value is -1.89. The highest BCUT2D eigenvalue weighted by Crippen LogP contribution is 2.30. The van der Waals surface area contributed by atoms with Gasteiger partial charge < -0.3 is 16.4 Å². The van der Waals surface area contributed by atoms with E-state index < -0.39 is 0 Å². The smallest absolute Gasteiger partial charge is 0.188 e. The highest BCUT2D eigenvalue weighted by Gasteiger charge is 2.15. The summed E-state index contributed by atoms with van der Waals surface area (Å²) in [5.74, 6) is 1.19. The fraction of sp³-hybridized carbons (Fsp3) is 0.462. The molecule has 0 spiro atoms. The van der Waals surface area contributed by atoms with Gasteiger partial charge in [0.15, 0.2) is 16.8 Å². The molecule has 0 fully saturated rings. The number of rotatable bonds is 3. The molecule has 0 saturated heterocycles. The summed E-state index contributed by atoms with van der Waals surface area (Å²) in [6, 6.07) is 0. The van der Waals surface area contributed by atoms with Crippen molar-refractivity contribution in [2.24, 2.45) is 0 Å². The fourth-order valence-electron chi connectivity index (χ4n) is 1.58. The fourth-order valence-corrected chi connectivity index (χ4v) is 2.39. The molecule has 0 atom stereocenters. The molecule has 6 nitrogen and oxygen atoms in total. The number of anilines is 4. The lowest BCUT2D eigenvalue weighted by molar-refractivity contribution is 0.630. The third kappa shape index (κ3) is 3.36. The highest BCUT2D eigenvalue weighted by molar-refractivity contribution is 7.15. The highest BCUT2D eigenvalue weighted by atomic mass is 32.1. The monoisotopic (exact) mass is 292 g/mol. The Morgan fingerprint density at radius 3 is 2.35 bits per heavy atom. The van der Waals surface area contributed by atoms with Gasteiger partial charge in [-0.3, -0.25) is 0 Å².